The average Bonchev–Trinajstić information content (AvgIpc) is 2.87. The summed E-state index contributed by atoms with van der Waals surface area (Å²) >= 11 is 5.59. The molecule has 116 valence electrons. The van der Waals surface area contributed by atoms with Crippen molar-refractivity contribution in [3.63, 3.8) is 0 Å². The Labute approximate surface area is 129 Å². The second kappa shape index (κ2) is 6.57. The lowest BCUT2D eigenvalue weighted by molar-refractivity contribution is -0.137. The van der Waals surface area contributed by atoms with Crippen LogP contribution in [0.25, 0.3) is 0 Å². The number of carboxylic acids is 1. The number of aryl methyl sites for hydroxylation is 1. The summed E-state index contributed by atoms with van der Waals surface area (Å²) in [7, 11) is 0. The molecule has 0 saturated carbocycles. The fraction of sp³-hybridized carbons (Fsp3) is 0.214. The molecule has 2 aromatic rings. The number of halogens is 2. The fourth-order valence-corrected chi connectivity index (χ4v) is 1.98. The Balaban J connectivity index is 2.24. The van der Waals surface area contributed by atoms with Gasteiger partial charge in [0.05, 0.1) is 17.5 Å². The van der Waals surface area contributed by atoms with Gasteiger partial charge in [-0.3, -0.25) is 9.59 Å². The molecule has 0 spiro atoms. The molecule has 0 bridgehead atoms. The van der Waals surface area contributed by atoms with Gasteiger partial charge in [0.1, 0.15) is 11.6 Å². The van der Waals surface area contributed by atoms with Crippen molar-refractivity contribution in [2.24, 2.45) is 0 Å². The Kier molecular flexibility index (Phi) is 4.77. The van der Waals surface area contributed by atoms with Crippen LogP contribution < -0.4 is 5.32 Å². The van der Waals surface area contributed by atoms with Gasteiger partial charge in [0.25, 0.3) is 5.91 Å². The third-order valence-corrected chi connectivity index (χ3v) is 3.20. The number of hydrogen-bond donors (Lipinski definition) is 2. The molecule has 1 unspecified atom stereocenters. The average molecular weight is 327 g/mol. The predicted octanol–water partition coefficient (Wildman–Crippen LogP) is 2.72. The normalized spacial score (nSPS) is 12.0. The van der Waals surface area contributed by atoms with Crippen molar-refractivity contribution in [1.82, 2.24) is 10.5 Å². The lowest BCUT2D eigenvalue weighted by Crippen LogP contribution is -2.30. The fourth-order valence-electron chi connectivity index (χ4n) is 1.86. The number of carboxylic acid groups (broad SMARTS) is 1. The topological polar surface area (TPSA) is 92.4 Å². The summed E-state index contributed by atoms with van der Waals surface area (Å²) in [6.07, 6.45) is -0.413. The van der Waals surface area contributed by atoms with Crippen LogP contribution in [0.4, 0.5) is 4.39 Å². The molecule has 1 amide bonds. The number of aliphatic carboxylic acids is 1. The summed E-state index contributed by atoms with van der Waals surface area (Å²) in [5.41, 5.74) is 0.306. The van der Waals surface area contributed by atoms with E-state index in [9.17, 15) is 14.0 Å². The summed E-state index contributed by atoms with van der Waals surface area (Å²) in [5.74, 6) is -2.01. The van der Waals surface area contributed by atoms with Gasteiger partial charge in [-0.25, -0.2) is 4.39 Å². The molecule has 1 heterocycles. The molecule has 22 heavy (non-hydrogen) atoms. The summed E-state index contributed by atoms with van der Waals surface area (Å²) in [4.78, 5) is 23.0. The number of nitrogens with one attached hydrogen (secondary N) is 1. The maximum atomic E-state index is 13.5. The molecule has 1 aromatic carbocycles. The van der Waals surface area contributed by atoms with E-state index in [2.05, 4.69) is 10.5 Å². The molecule has 0 aliphatic heterocycles. The number of benzene rings is 1. The smallest absolute Gasteiger partial charge is 0.305 e. The first-order chi connectivity index (χ1) is 10.4. The van der Waals surface area contributed by atoms with Crippen LogP contribution in [0.5, 0.6) is 0 Å². The first-order valence-corrected chi connectivity index (χ1v) is 6.65. The van der Waals surface area contributed by atoms with Gasteiger partial charge >= 0.3 is 5.97 Å². The molecule has 0 aliphatic carbocycles. The highest BCUT2D eigenvalue weighted by molar-refractivity contribution is 6.30. The molecule has 8 heteroatoms. The van der Waals surface area contributed by atoms with Crippen LogP contribution in [-0.2, 0) is 4.79 Å². The van der Waals surface area contributed by atoms with Crippen LogP contribution >= 0.6 is 11.6 Å². The number of rotatable bonds is 5. The van der Waals surface area contributed by atoms with Crippen molar-refractivity contribution in [3.8, 4) is 0 Å². The number of carbonyl (C=O) groups is 2. The maximum Gasteiger partial charge on any atom is 0.305 e. The third-order valence-electron chi connectivity index (χ3n) is 2.89. The molecular formula is C14H12ClFN2O4. The predicted molar refractivity (Wildman–Crippen MR) is 75.1 cm³/mol. The first kappa shape index (κ1) is 16.0. The van der Waals surface area contributed by atoms with E-state index in [1.54, 1.807) is 6.92 Å². The third kappa shape index (κ3) is 3.82. The SMILES string of the molecule is Cc1cc(C(=O)NC(CC(=O)O)c2ccc(Cl)c(F)c2)no1. The second-order valence-electron chi connectivity index (χ2n) is 4.62. The van der Waals surface area contributed by atoms with Gasteiger partial charge in [0, 0.05) is 6.07 Å². The Morgan fingerprint density at radius 3 is 2.73 bits per heavy atom. The van der Waals surface area contributed by atoms with E-state index >= 15 is 0 Å². The minimum atomic E-state index is -1.14. The highest BCUT2D eigenvalue weighted by Gasteiger charge is 2.21. The molecule has 0 fully saturated rings. The van der Waals surface area contributed by atoms with Crippen molar-refractivity contribution in [1.29, 1.82) is 0 Å². The van der Waals surface area contributed by atoms with Crippen molar-refractivity contribution in [2.75, 3.05) is 0 Å². The molecular weight excluding hydrogens is 315 g/mol. The van der Waals surface area contributed by atoms with Crippen molar-refractivity contribution >= 4 is 23.5 Å². The Morgan fingerprint density at radius 1 is 1.45 bits per heavy atom. The van der Waals surface area contributed by atoms with E-state index in [1.165, 1.54) is 18.2 Å². The quantitative estimate of drug-likeness (QED) is 0.881. The second-order valence-corrected chi connectivity index (χ2v) is 5.03. The number of aromatic nitrogens is 1. The summed E-state index contributed by atoms with van der Waals surface area (Å²) in [5, 5.41) is 14.9. The molecule has 0 radical (unpaired) electrons. The number of nitrogens with zero attached hydrogens (tertiary/aromatic N) is 1. The lowest BCUT2D eigenvalue weighted by Gasteiger charge is -2.17. The van der Waals surface area contributed by atoms with Crippen LogP contribution in [0.2, 0.25) is 5.02 Å². The van der Waals surface area contributed by atoms with Crippen molar-refractivity contribution in [2.45, 2.75) is 19.4 Å². The van der Waals surface area contributed by atoms with E-state index < -0.39 is 30.2 Å². The van der Waals surface area contributed by atoms with Crippen LogP contribution in [-0.4, -0.2) is 22.1 Å². The van der Waals surface area contributed by atoms with Gasteiger partial charge in [-0.2, -0.15) is 0 Å². The minimum absolute atomic E-state index is 0.0160. The van der Waals surface area contributed by atoms with E-state index in [0.29, 0.717) is 5.76 Å². The number of carbonyl (C=O) groups excluding carboxylic acids is 1. The molecule has 2 N–H and O–H groups in total. The van der Waals surface area contributed by atoms with Gasteiger partial charge in [0.15, 0.2) is 5.69 Å². The highest BCUT2D eigenvalue weighted by atomic mass is 35.5. The van der Waals surface area contributed by atoms with E-state index in [0.717, 1.165) is 6.07 Å². The summed E-state index contributed by atoms with van der Waals surface area (Å²) in [6.45, 7) is 1.62. The highest BCUT2D eigenvalue weighted by Crippen LogP contribution is 2.23. The van der Waals surface area contributed by atoms with E-state index in [-0.39, 0.29) is 16.3 Å². The molecule has 1 aromatic heterocycles. The summed E-state index contributed by atoms with van der Waals surface area (Å²) < 4.78 is 18.3. The summed E-state index contributed by atoms with van der Waals surface area (Å²) in [6, 6.07) is 4.33. The van der Waals surface area contributed by atoms with Gasteiger partial charge in [0.2, 0.25) is 0 Å². The van der Waals surface area contributed by atoms with Crippen LogP contribution in [0.15, 0.2) is 28.8 Å². The van der Waals surface area contributed by atoms with Gasteiger partial charge in [-0.05, 0) is 24.6 Å². The van der Waals surface area contributed by atoms with Gasteiger partial charge in [-0.1, -0.05) is 22.8 Å². The number of amides is 1. The van der Waals surface area contributed by atoms with Crippen LogP contribution in [0.3, 0.4) is 0 Å². The van der Waals surface area contributed by atoms with Gasteiger partial charge < -0.3 is 14.9 Å². The zero-order valence-corrected chi connectivity index (χ0v) is 12.2. The van der Waals surface area contributed by atoms with Crippen molar-refractivity contribution in [3.05, 3.63) is 52.1 Å². The monoisotopic (exact) mass is 326 g/mol. The Bertz CT molecular complexity index is 717. The molecule has 0 aliphatic rings. The largest absolute Gasteiger partial charge is 0.481 e. The Morgan fingerprint density at radius 2 is 2.18 bits per heavy atom. The zero-order chi connectivity index (χ0) is 16.3. The molecule has 6 nitrogen and oxygen atoms in total. The van der Waals surface area contributed by atoms with Crippen LogP contribution in [0.1, 0.15) is 34.3 Å². The van der Waals surface area contributed by atoms with E-state index in [1.807, 2.05) is 0 Å². The Hall–Kier alpha value is -2.41. The zero-order valence-electron chi connectivity index (χ0n) is 11.5. The minimum Gasteiger partial charge on any atom is -0.481 e. The van der Waals surface area contributed by atoms with Gasteiger partial charge in [-0.15, -0.1) is 0 Å². The molecule has 2 rings (SSSR count). The molecule has 1 atom stereocenters. The van der Waals surface area contributed by atoms with Crippen molar-refractivity contribution < 1.29 is 23.6 Å². The standard InChI is InChI=1S/C14H12ClFN2O4/c1-7-4-12(18-22-7)14(21)17-11(6-13(19)20)8-2-3-9(15)10(16)5-8/h2-5,11H,6H2,1H3,(H,17,21)(H,19,20). The number of hydrogen-bond acceptors (Lipinski definition) is 4. The maximum absolute atomic E-state index is 13.5. The van der Waals surface area contributed by atoms with E-state index in [4.69, 9.17) is 21.2 Å². The molecule has 0 saturated heterocycles. The lowest BCUT2D eigenvalue weighted by atomic mass is 10.0. The van der Waals surface area contributed by atoms with Crippen LogP contribution in [0, 0.1) is 12.7 Å². The first-order valence-electron chi connectivity index (χ1n) is 6.27.